The molecule has 0 aromatic heterocycles. The Bertz CT molecular complexity index is 526. The molecule has 2 aromatic carbocycles. The number of halogens is 2. The highest BCUT2D eigenvalue weighted by Gasteiger charge is 2.10. The van der Waals surface area contributed by atoms with Gasteiger partial charge in [0.2, 0.25) is 0 Å². The van der Waals surface area contributed by atoms with E-state index in [1.54, 1.807) is 0 Å². The Kier molecular flexibility index (Phi) is 5.46. The van der Waals surface area contributed by atoms with Crippen LogP contribution in [-0.4, -0.2) is 6.54 Å². The highest BCUT2D eigenvalue weighted by atomic mass is 79.9. The summed E-state index contributed by atoms with van der Waals surface area (Å²) in [7, 11) is 0. The van der Waals surface area contributed by atoms with E-state index in [1.807, 2.05) is 0 Å². The largest absolute Gasteiger partial charge is 0.367 e. The standard InChI is InChI=1S/C16H17Br2N/c1-2-19(12-13-6-4-3-5-7-13)16-10-15(18)9-8-14(16)11-17/h3-10H,2,11-12H2,1H3. The normalized spacial score (nSPS) is 10.5. The van der Waals surface area contributed by atoms with Gasteiger partial charge in [-0.2, -0.15) is 0 Å². The molecule has 0 saturated carbocycles. The predicted molar refractivity (Wildman–Crippen MR) is 89.9 cm³/mol. The lowest BCUT2D eigenvalue weighted by Gasteiger charge is -2.26. The first-order valence-corrected chi connectivity index (χ1v) is 8.29. The zero-order valence-electron chi connectivity index (χ0n) is 10.9. The Hall–Kier alpha value is -0.800. The third-order valence-electron chi connectivity index (χ3n) is 3.13. The summed E-state index contributed by atoms with van der Waals surface area (Å²) >= 11 is 7.14. The average Bonchev–Trinajstić information content (AvgIpc) is 2.46. The molecule has 2 aromatic rings. The molecule has 0 saturated heterocycles. The van der Waals surface area contributed by atoms with Crippen LogP contribution in [0.15, 0.2) is 53.0 Å². The van der Waals surface area contributed by atoms with Crippen molar-refractivity contribution in [2.75, 3.05) is 11.4 Å². The maximum Gasteiger partial charge on any atom is 0.0429 e. The van der Waals surface area contributed by atoms with E-state index in [1.165, 1.54) is 16.8 Å². The summed E-state index contributed by atoms with van der Waals surface area (Å²) < 4.78 is 1.12. The van der Waals surface area contributed by atoms with E-state index < -0.39 is 0 Å². The second-order valence-electron chi connectivity index (χ2n) is 4.41. The second-order valence-corrected chi connectivity index (χ2v) is 5.88. The molecule has 1 nitrogen and oxygen atoms in total. The number of rotatable bonds is 5. The lowest BCUT2D eigenvalue weighted by Crippen LogP contribution is -2.23. The molecule has 0 N–H and O–H groups in total. The van der Waals surface area contributed by atoms with Crippen molar-refractivity contribution in [2.45, 2.75) is 18.8 Å². The van der Waals surface area contributed by atoms with Crippen LogP contribution in [0.1, 0.15) is 18.1 Å². The Morgan fingerprint density at radius 2 is 1.79 bits per heavy atom. The van der Waals surface area contributed by atoms with Crippen molar-refractivity contribution in [3.63, 3.8) is 0 Å². The van der Waals surface area contributed by atoms with Gasteiger partial charge >= 0.3 is 0 Å². The van der Waals surface area contributed by atoms with Gasteiger partial charge in [0.25, 0.3) is 0 Å². The lowest BCUT2D eigenvalue weighted by atomic mass is 10.1. The van der Waals surface area contributed by atoms with Crippen LogP contribution in [-0.2, 0) is 11.9 Å². The van der Waals surface area contributed by atoms with E-state index in [4.69, 9.17) is 0 Å². The van der Waals surface area contributed by atoms with Crippen molar-refractivity contribution in [2.24, 2.45) is 0 Å². The number of nitrogens with zero attached hydrogens (tertiary/aromatic N) is 1. The molecule has 0 bridgehead atoms. The molecule has 0 fully saturated rings. The van der Waals surface area contributed by atoms with Gasteiger partial charge in [0.15, 0.2) is 0 Å². The van der Waals surface area contributed by atoms with Gasteiger partial charge in [-0.05, 0) is 30.2 Å². The molecule has 2 rings (SSSR count). The maximum atomic E-state index is 3.57. The molecular formula is C16H17Br2N. The summed E-state index contributed by atoms with van der Waals surface area (Å²) in [6, 6.07) is 17.1. The van der Waals surface area contributed by atoms with Crippen LogP contribution in [0.2, 0.25) is 0 Å². The highest BCUT2D eigenvalue weighted by Crippen LogP contribution is 2.28. The molecule has 0 radical (unpaired) electrons. The summed E-state index contributed by atoms with van der Waals surface area (Å²) in [6.07, 6.45) is 0. The number of anilines is 1. The van der Waals surface area contributed by atoms with Crippen molar-refractivity contribution in [1.29, 1.82) is 0 Å². The molecule has 0 unspecified atom stereocenters. The Balaban J connectivity index is 2.29. The fourth-order valence-corrected chi connectivity index (χ4v) is 2.94. The fraction of sp³-hybridized carbons (Fsp3) is 0.250. The Labute approximate surface area is 131 Å². The molecule has 0 spiro atoms. The topological polar surface area (TPSA) is 3.24 Å². The summed E-state index contributed by atoms with van der Waals surface area (Å²) in [5.41, 5.74) is 3.95. The van der Waals surface area contributed by atoms with Crippen molar-refractivity contribution >= 4 is 37.5 Å². The molecule has 0 aliphatic carbocycles. The van der Waals surface area contributed by atoms with Gasteiger partial charge in [0.1, 0.15) is 0 Å². The summed E-state index contributed by atoms with van der Waals surface area (Å²) in [5, 5.41) is 0.876. The molecular weight excluding hydrogens is 366 g/mol. The average molecular weight is 383 g/mol. The fourth-order valence-electron chi connectivity index (χ4n) is 2.12. The van der Waals surface area contributed by atoms with Crippen LogP contribution in [0.4, 0.5) is 5.69 Å². The third-order valence-corrected chi connectivity index (χ3v) is 4.23. The highest BCUT2D eigenvalue weighted by molar-refractivity contribution is 9.10. The number of hydrogen-bond donors (Lipinski definition) is 0. The predicted octanol–water partition coefficient (Wildman–Crippen LogP) is 5.37. The van der Waals surface area contributed by atoms with Crippen molar-refractivity contribution in [3.05, 3.63) is 64.1 Å². The molecule has 0 amide bonds. The van der Waals surface area contributed by atoms with E-state index in [9.17, 15) is 0 Å². The van der Waals surface area contributed by atoms with E-state index in [-0.39, 0.29) is 0 Å². The SMILES string of the molecule is CCN(Cc1ccccc1)c1cc(Br)ccc1CBr. The van der Waals surface area contributed by atoms with Gasteiger partial charge in [-0.3, -0.25) is 0 Å². The van der Waals surface area contributed by atoms with Gasteiger partial charge in [-0.25, -0.2) is 0 Å². The number of benzene rings is 2. The summed E-state index contributed by atoms with van der Waals surface area (Å²) in [5.74, 6) is 0. The van der Waals surface area contributed by atoms with E-state index in [0.29, 0.717) is 0 Å². The maximum absolute atomic E-state index is 3.57. The van der Waals surface area contributed by atoms with Crippen LogP contribution >= 0.6 is 31.9 Å². The monoisotopic (exact) mass is 381 g/mol. The van der Waals surface area contributed by atoms with Crippen LogP contribution in [0.25, 0.3) is 0 Å². The minimum Gasteiger partial charge on any atom is -0.367 e. The number of hydrogen-bond acceptors (Lipinski definition) is 1. The minimum atomic E-state index is 0.876. The summed E-state index contributed by atoms with van der Waals surface area (Å²) in [4.78, 5) is 2.40. The molecule has 0 atom stereocenters. The van der Waals surface area contributed by atoms with Gasteiger partial charge in [0, 0.05) is 28.6 Å². The Morgan fingerprint density at radius 3 is 2.42 bits per heavy atom. The molecule has 100 valence electrons. The molecule has 0 aliphatic rings. The quantitative estimate of drug-likeness (QED) is 0.628. The third kappa shape index (κ3) is 3.83. The molecule has 19 heavy (non-hydrogen) atoms. The molecule has 3 heteroatoms. The van der Waals surface area contributed by atoms with Gasteiger partial charge in [0.05, 0.1) is 0 Å². The van der Waals surface area contributed by atoms with Crippen LogP contribution < -0.4 is 4.90 Å². The van der Waals surface area contributed by atoms with Crippen molar-refractivity contribution in [3.8, 4) is 0 Å². The van der Waals surface area contributed by atoms with Crippen LogP contribution in [0, 0.1) is 0 Å². The summed E-state index contributed by atoms with van der Waals surface area (Å²) in [6.45, 7) is 4.13. The van der Waals surface area contributed by atoms with Crippen LogP contribution in [0.5, 0.6) is 0 Å². The minimum absolute atomic E-state index is 0.876. The number of alkyl halides is 1. The first-order valence-electron chi connectivity index (χ1n) is 6.38. The zero-order chi connectivity index (χ0) is 13.7. The molecule has 0 aliphatic heterocycles. The first kappa shape index (κ1) is 14.6. The van der Waals surface area contributed by atoms with E-state index in [2.05, 4.69) is 92.2 Å². The smallest absolute Gasteiger partial charge is 0.0429 e. The molecule has 0 heterocycles. The lowest BCUT2D eigenvalue weighted by molar-refractivity contribution is 0.827. The van der Waals surface area contributed by atoms with Crippen LogP contribution in [0.3, 0.4) is 0 Å². The van der Waals surface area contributed by atoms with Crippen molar-refractivity contribution < 1.29 is 0 Å². The Morgan fingerprint density at radius 1 is 1.05 bits per heavy atom. The zero-order valence-corrected chi connectivity index (χ0v) is 14.1. The van der Waals surface area contributed by atoms with E-state index >= 15 is 0 Å². The van der Waals surface area contributed by atoms with Gasteiger partial charge < -0.3 is 4.90 Å². The van der Waals surface area contributed by atoms with Gasteiger partial charge in [-0.1, -0.05) is 68.3 Å². The van der Waals surface area contributed by atoms with E-state index in [0.717, 1.165) is 22.9 Å². The first-order chi connectivity index (χ1) is 9.24. The van der Waals surface area contributed by atoms with Gasteiger partial charge in [-0.15, -0.1) is 0 Å². The van der Waals surface area contributed by atoms with Crippen molar-refractivity contribution in [1.82, 2.24) is 0 Å². The second kappa shape index (κ2) is 7.11.